The number of hydrogen-bond donors (Lipinski definition) is 2. The molecule has 2 rings (SSSR count). The molecule has 0 aromatic carbocycles. The molecule has 6 nitrogen and oxygen atoms in total. The topological polar surface area (TPSA) is 88.5 Å². The van der Waals surface area contributed by atoms with Crippen LogP contribution in [0, 0.1) is 82.4 Å². The molecular formula is C19H32Ar2N2O4. The number of nitrogens with one attached hydrogen (secondary N) is 1. The van der Waals surface area contributed by atoms with Crippen LogP contribution in [0.25, 0.3) is 0 Å². The van der Waals surface area contributed by atoms with Crippen molar-refractivity contribution in [1.29, 1.82) is 0 Å². The molecule has 8 heteroatoms. The minimum atomic E-state index is -1.24. The molecule has 1 aliphatic heterocycles. The van der Waals surface area contributed by atoms with Crippen molar-refractivity contribution in [2.24, 2.45) is 0 Å². The molecule has 0 saturated heterocycles. The Kier molecular flexibility index (Phi) is 14.7. The summed E-state index contributed by atoms with van der Waals surface area (Å²) in [5.41, 5.74) is -0.243. The van der Waals surface area contributed by atoms with Crippen LogP contribution < -0.4 is 10.1 Å². The Labute approximate surface area is 223 Å². The van der Waals surface area contributed by atoms with Crippen LogP contribution in [0.2, 0.25) is 0 Å². The van der Waals surface area contributed by atoms with E-state index in [1.807, 2.05) is 6.92 Å². The quantitative estimate of drug-likeness (QED) is 0.747. The number of fused-ring (bicyclic) bond motifs is 1. The van der Waals surface area contributed by atoms with E-state index in [4.69, 9.17) is 4.74 Å². The predicted molar refractivity (Wildman–Crippen MR) is 98.8 cm³/mol. The summed E-state index contributed by atoms with van der Waals surface area (Å²) in [6, 6.07) is 1.73. The largest absolute Gasteiger partial charge is 0.490 e. The number of pyridine rings is 1. The van der Waals surface area contributed by atoms with Crippen molar-refractivity contribution < 1.29 is 94.9 Å². The number of aliphatic hydroxyl groups is 1. The second-order valence-electron chi connectivity index (χ2n) is 6.65. The zero-order chi connectivity index (χ0) is 17.4. The van der Waals surface area contributed by atoms with Gasteiger partial charge in [-0.05, 0) is 40.2 Å². The van der Waals surface area contributed by atoms with Crippen molar-refractivity contribution in [1.82, 2.24) is 10.3 Å². The third-order valence-electron chi connectivity index (χ3n) is 4.49. The van der Waals surface area contributed by atoms with Crippen molar-refractivity contribution in [3.63, 3.8) is 0 Å². The van der Waals surface area contributed by atoms with Gasteiger partial charge in [-0.2, -0.15) is 0 Å². The molecule has 2 atom stereocenters. The molecule has 1 amide bonds. The van der Waals surface area contributed by atoms with Crippen LogP contribution in [0.15, 0.2) is 6.07 Å². The number of hydrogen-bond acceptors (Lipinski definition) is 5. The summed E-state index contributed by atoms with van der Waals surface area (Å²) in [6.45, 7) is 6.97. The SMILES string of the molecule is C.C.CNC(=O)[C@@]1(C)COc2c1cc(C(C)(O)CCC(C)=O)nc2C.[Ar].[Ar]. The zero-order valence-corrected chi connectivity index (χ0v) is 16.4. The number of aryl methyl sites for hydroxylation is 1. The number of carbonyl (C=O) groups is 2. The number of likely N-dealkylation sites (N-methyl/N-ethyl adjacent to an activating group) is 1. The Balaban J connectivity index is -0.00000144. The number of ether oxygens (including phenoxy) is 1. The van der Waals surface area contributed by atoms with Crippen LogP contribution in [-0.4, -0.2) is 35.4 Å². The molecular weight excluding hydrogens is 400 g/mol. The van der Waals surface area contributed by atoms with Gasteiger partial charge in [0.25, 0.3) is 0 Å². The summed E-state index contributed by atoms with van der Waals surface area (Å²) in [4.78, 5) is 27.9. The fraction of sp³-hybridized carbons (Fsp3) is 0.632. The molecule has 1 aromatic rings. The van der Waals surface area contributed by atoms with Crippen LogP contribution in [0.3, 0.4) is 0 Å². The van der Waals surface area contributed by atoms with Crippen molar-refractivity contribution in [3.8, 4) is 5.75 Å². The average Bonchev–Trinajstić information content (AvgIpc) is 2.84. The molecule has 1 aromatic heterocycles. The molecule has 0 bridgehead atoms. The van der Waals surface area contributed by atoms with Crippen LogP contribution in [0.4, 0.5) is 0 Å². The minimum absolute atomic E-state index is 0. The van der Waals surface area contributed by atoms with Gasteiger partial charge in [0, 0.05) is 94.5 Å². The number of nitrogens with zero attached hydrogens (tertiary/aromatic N) is 1. The summed E-state index contributed by atoms with van der Waals surface area (Å²) >= 11 is 0. The van der Waals surface area contributed by atoms with E-state index in [0.29, 0.717) is 17.1 Å². The Morgan fingerprint density at radius 2 is 1.93 bits per heavy atom. The first-order valence-corrected chi connectivity index (χ1v) is 7.71. The smallest absolute Gasteiger partial charge is 0.233 e. The van der Waals surface area contributed by atoms with Gasteiger partial charge < -0.3 is 20.0 Å². The maximum Gasteiger partial charge on any atom is 0.233 e. The number of carbonyl (C=O) groups excluding carboxylic acids is 2. The molecule has 0 aliphatic carbocycles. The second-order valence-corrected chi connectivity index (χ2v) is 6.65. The third-order valence-corrected chi connectivity index (χ3v) is 4.49. The molecule has 1 unspecified atom stereocenters. The molecule has 0 fully saturated rings. The zero-order valence-electron chi connectivity index (χ0n) is 15.0. The molecule has 2 heterocycles. The van der Waals surface area contributed by atoms with Gasteiger partial charge in [0.2, 0.25) is 5.91 Å². The molecule has 27 heavy (non-hydrogen) atoms. The summed E-state index contributed by atoms with van der Waals surface area (Å²) in [5, 5.41) is 13.4. The third kappa shape index (κ3) is 6.80. The normalized spacial score (nSPS) is 18.7. The number of Topliss-reactive ketones (excluding diaryl/α,β-unsaturated/α-hetero) is 1. The van der Waals surface area contributed by atoms with Crippen molar-refractivity contribution in [2.75, 3.05) is 13.7 Å². The van der Waals surface area contributed by atoms with Gasteiger partial charge in [0.05, 0.1) is 11.4 Å². The van der Waals surface area contributed by atoms with E-state index >= 15 is 0 Å². The fourth-order valence-corrected chi connectivity index (χ4v) is 2.83. The molecule has 0 saturated carbocycles. The van der Waals surface area contributed by atoms with Crippen molar-refractivity contribution in [3.05, 3.63) is 23.0 Å². The van der Waals surface area contributed by atoms with Gasteiger partial charge in [-0.15, -0.1) is 0 Å². The van der Waals surface area contributed by atoms with E-state index in [1.54, 1.807) is 27.0 Å². The minimum Gasteiger partial charge on any atom is -0.490 e. The second kappa shape index (κ2) is 12.3. The van der Waals surface area contributed by atoms with Crippen LogP contribution in [0.1, 0.15) is 65.4 Å². The van der Waals surface area contributed by atoms with Gasteiger partial charge >= 0.3 is 0 Å². The van der Waals surface area contributed by atoms with E-state index in [2.05, 4.69) is 10.3 Å². The summed E-state index contributed by atoms with van der Waals surface area (Å²) in [7, 11) is 1.59. The van der Waals surface area contributed by atoms with E-state index in [9.17, 15) is 14.7 Å². The Bertz CT molecular complexity index is 665. The fourth-order valence-electron chi connectivity index (χ4n) is 2.83. The van der Waals surface area contributed by atoms with Gasteiger partial charge in [-0.25, -0.2) is 0 Å². The first-order valence-electron chi connectivity index (χ1n) is 7.71. The first kappa shape index (κ1) is 32.2. The van der Waals surface area contributed by atoms with Gasteiger partial charge in [0.1, 0.15) is 29.2 Å². The predicted octanol–water partition coefficient (Wildman–Crippen LogP) is 2.64. The number of amides is 1. The van der Waals surface area contributed by atoms with Gasteiger partial charge in [-0.1, -0.05) is 14.9 Å². The Morgan fingerprint density at radius 1 is 1.37 bits per heavy atom. The number of aromatic nitrogens is 1. The summed E-state index contributed by atoms with van der Waals surface area (Å²) < 4.78 is 5.67. The standard InChI is InChI=1S/C17H24N2O4.2CH4.2Ar/c1-10(20)6-7-17(4,22)13-8-12-14(11(2)19-13)23-9-16(12,3)15(21)18-5;;;;/h8,22H,6-7,9H2,1-5H3,(H,18,21);2*1H4;;/t16-,17?;;;;/m0..../s1. The number of rotatable bonds is 5. The van der Waals surface area contributed by atoms with E-state index in [1.165, 1.54) is 6.92 Å². The monoisotopic (exact) mass is 432 g/mol. The molecule has 0 spiro atoms. The number of ketones is 1. The van der Waals surface area contributed by atoms with Crippen LogP contribution >= 0.6 is 0 Å². The molecule has 2 N–H and O–H groups in total. The summed E-state index contributed by atoms with van der Waals surface area (Å²) in [6.07, 6.45) is 0.555. The van der Waals surface area contributed by atoms with Crippen LogP contribution in [-0.2, 0) is 20.6 Å². The summed E-state index contributed by atoms with van der Waals surface area (Å²) in [5.74, 6) is 0.472. The molecule has 1 aliphatic rings. The van der Waals surface area contributed by atoms with E-state index in [0.717, 1.165) is 5.56 Å². The van der Waals surface area contributed by atoms with E-state index < -0.39 is 11.0 Å². The van der Waals surface area contributed by atoms with Gasteiger partial charge in [-0.3, -0.25) is 9.78 Å². The van der Waals surface area contributed by atoms with Crippen LogP contribution in [0.5, 0.6) is 5.75 Å². The molecule has 158 valence electrons. The molecule has 0 radical (unpaired) electrons. The average molecular weight is 432 g/mol. The maximum absolute atomic E-state index is 12.3. The Hall–Kier alpha value is 0.569. The first-order chi connectivity index (χ1) is 10.6. The van der Waals surface area contributed by atoms with E-state index in [-0.39, 0.29) is 121 Å². The van der Waals surface area contributed by atoms with Crippen molar-refractivity contribution >= 4 is 11.7 Å². The van der Waals surface area contributed by atoms with Crippen molar-refractivity contribution in [2.45, 2.75) is 66.4 Å². The maximum atomic E-state index is 12.3. The Morgan fingerprint density at radius 3 is 2.41 bits per heavy atom. The van der Waals surface area contributed by atoms with Gasteiger partial charge in [0.15, 0.2) is 0 Å².